The molecule has 1 aromatic heterocycles. The summed E-state index contributed by atoms with van der Waals surface area (Å²) in [7, 11) is 0. The number of hydrogen-bond acceptors (Lipinski definition) is 4. The van der Waals surface area contributed by atoms with Crippen molar-refractivity contribution in [3.05, 3.63) is 18.1 Å². The molecule has 0 aliphatic heterocycles. The van der Waals surface area contributed by atoms with Gasteiger partial charge >= 0.3 is 0 Å². The molecule has 0 unspecified atom stereocenters. The second kappa shape index (κ2) is 5.54. The Morgan fingerprint density at radius 2 is 2.14 bits per heavy atom. The fraction of sp³-hybridized carbons (Fsp3) is 0.600. The number of hydrogen-bond donors (Lipinski definition) is 1. The average Bonchev–Trinajstić information content (AvgIpc) is 2.17. The molecule has 1 rings (SSSR count). The first-order chi connectivity index (χ1) is 6.72. The highest BCUT2D eigenvalue weighted by molar-refractivity contribution is 5.30. The summed E-state index contributed by atoms with van der Waals surface area (Å²) in [6.45, 7) is 7.41. The van der Waals surface area contributed by atoms with Crippen LogP contribution in [0, 0.1) is 0 Å². The Bertz CT molecular complexity index is 259. The van der Waals surface area contributed by atoms with E-state index in [0.717, 1.165) is 18.1 Å². The highest BCUT2D eigenvalue weighted by Crippen LogP contribution is 2.02. The number of anilines is 1. The van der Waals surface area contributed by atoms with Crippen LogP contribution in [0.25, 0.3) is 0 Å². The van der Waals surface area contributed by atoms with E-state index in [0.29, 0.717) is 6.61 Å². The monoisotopic (exact) mass is 195 g/mol. The predicted octanol–water partition coefficient (Wildman–Crippen LogP) is 1.83. The molecule has 0 bridgehead atoms. The molecule has 0 fully saturated rings. The van der Waals surface area contributed by atoms with Gasteiger partial charge in [-0.3, -0.25) is 4.98 Å². The van der Waals surface area contributed by atoms with Crippen LogP contribution in [0.15, 0.2) is 12.4 Å². The van der Waals surface area contributed by atoms with Crippen molar-refractivity contribution < 1.29 is 4.74 Å². The Morgan fingerprint density at radius 1 is 1.36 bits per heavy atom. The van der Waals surface area contributed by atoms with Crippen molar-refractivity contribution in [2.45, 2.75) is 33.5 Å². The van der Waals surface area contributed by atoms with Crippen molar-refractivity contribution in [2.24, 2.45) is 0 Å². The van der Waals surface area contributed by atoms with Gasteiger partial charge in [0.05, 0.1) is 30.8 Å². The molecule has 4 heteroatoms. The maximum Gasteiger partial charge on any atom is 0.144 e. The summed E-state index contributed by atoms with van der Waals surface area (Å²) < 4.78 is 5.40. The van der Waals surface area contributed by atoms with E-state index in [2.05, 4.69) is 15.3 Å². The zero-order valence-electron chi connectivity index (χ0n) is 8.95. The summed E-state index contributed by atoms with van der Waals surface area (Å²) in [5.74, 6) is 0.806. The van der Waals surface area contributed by atoms with Gasteiger partial charge in [-0.15, -0.1) is 0 Å². The molecule has 78 valence electrons. The molecule has 1 N–H and O–H groups in total. The Morgan fingerprint density at radius 3 is 2.64 bits per heavy atom. The van der Waals surface area contributed by atoms with Gasteiger partial charge in [0.2, 0.25) is 0 Å². The van der Waals surface area contributed by atoms with E-state index in [-0.39, 0.29) is 6.10 Å². The minimum Gasteiger partial charge on any atom is -0.372 e. The van der Waals surface area contributed by atoms with Gasteiger partial charge in [0.1, 0.15) is 5.82 Å². The lowest BCUT2D eigenvalue weighted by Crippen LogP contribution is -2.05. The van der Waals surface area contributed by atoms with Gasteiger partial charge in [-0.25, -0.2) is 4.98 Å². The third-order valence-corrected chi connectivity index (χ3v) is 1.63. The first-order valence-electron chi connectivity index (χ1n) is 4.88. The summed E-state index contributed by atoms with van der Waals surface area (Å²) in [6, 6.07) is 0. The molecule has 0 atom stereocenters. The number of aromatic nitrogens is 2. The largest absolute Gasteiger partial charge is 0.372 e. The minimum atomic E-state index is 0.227. The summed E-state index contributed by atoms with van der Waals surface area (Å²) >= 11 is 0. The number of ether oxygens (including phenoxy) is 1. The van der Waals surface area contributed by atoms with E-state index in [1.54, 1.807) is 12.4 Å². The Labute approximate surface area is 84.7 Å². The summed E-state index contributed by atoms with van der Waals surface area (Å²) in [6.07, 6.45) is 3.69. The van der Waals surface area contributed by atoms with Crippen LogP contribution in [-0.4, -0.2) is 22.6 Å². The van der Waals surface area contributed by atoms with Crippen LogP contribution in [0.1, 0.15) is 26.5 Å². The minimum absolute atomic E-state index is 0.227. The first kappa shape index (κ1) is 10.9. The number of rotatable bonds is 5. The molecular formula is C10H17N3O. The van der Waals surface area contributed by atoms with Crippen molar-refractivity contribution in [3.63, 3.8) is 0 Å². The van der Waals surface area contributed by atoms with E-state index in [1.165, 1.54) is 0 Å². The molecule has 0 saturated heterocycles. The quantitative estimate of drug-likeness (QED) is 0.778. The van der Waals surface area contributed by atoms with Crippen LogP contribution >= 0.6 is 0 Å². The van der Waals surface area contributed by atoms with E-state index in [4.69, 9.17) is 4.74 Å². The maximum absolute atomic E-state index is 5.40. The van der Waals surface area contributed by atoms with Gasteiger partial charge < -0.3 is 10.1 Å². The third-order valence-electron chi connectivity index (χ3n) is 1.63. The van der Waals surface area contributed by atoms with E-state index < -0.39 is 0 Å². The van der Waals surface area contributed by atoms with E-state index in [9.17, 15) is 0 Å². The Hall–Kier alpha value is -1.16. The van der Waals surface area contributed by atoms with Gasteiger partial charge in [-0.1, -0.05) is 0 Å². The summed E-state index contributed by atoms with van der Waals surface area (Å²) in [5, 5.41) is 3.09. The Balaban J connectivity index is 2.46. The number of nitrogens with zero attached hydrogens (tertiary/aromatic N) is 2. The summed E-state index contributed by atoms with van der Waals surface area (Å²) in [4.78, 5) is 8.41. The van der Waals surface area contributed by atoms with Gasteiger partial charge in [0, 0.05) is 6.54 Å². The molecule has 0 saturated carbocycles. The van der Waals surface area contributed by atoms with Crippen LogP contribution in [-0.2, 0) is 11.3 Å². The molecule has 0 spiro atoms. The molecule has 4 nitrogen and oxygen atoms in total. The van der Waals surface area contributed by atoms with Crippen LogP contribution < -0.4 is 5.32 Å². The lowest BCUT2D eigenvalue weighted by Gasteiger charge is -2.07. The maximum atomic E-state index is 5.40. The fourth-order valence-electron chi connectivity index (χ4n) is 0.954. The van der Waals surface area contributed by atoms with Gasteiger partial charge in [-0.2, -0.15) is 0 Å². The predicted molar refractivity (Wildman–Crippen MR) is 56.1 cm³/mol. The standard InChI is InChI=1S/C10H17N3O/c1-4-11-10-6-12-9(5-13-10)7-14-8(2)3/h5-6,8H,4,7H2,1-3H3,(H,11,13). The molecule has 0 aromatic carbocycles. The molecular weight excluding hydrogens is 178 g/mol. The topological polar surface area (TPSA) is 47.0 Å². The highest BCUT2D eigenvalue weighted by atomic mass is 16.5. The van der Waals surface area contributed by atoms with Crippen LogP contribution in [0.3, 0.4) is 0 Å². The molecule has 1 aromatic rings. The molecule has 0 aliphatic carbocycles. The van der Waals surface area contributed by atoms with Crippen LogP contribution in [0.4, 0.5) is 5.82 Å². The first-order valence-corrected chi connectivity index (χ1v) is 4.88. The molecule has 14 heavy (non-hydrogen) atoms. The zero-order valence-corrected chi connectivity index (χ0v) is 8.95. The van der Waals surface area contributed by atoms with Crippen LogP contribution in [0.5, 0.6) is 0 Å². The lowest BCUT2D eigenvalue weighted by atomic mass is 10.4. The smallest absolute Gasteiger partial charge is 0.144 e. The van der Waals surface area contributed by atoms with Crippen molar-refractivity contribution >= 4 is 5.82 Å². The van der Waals surface area contributed by atoms with E-state index in [1.807, 2.05) is 20.8 Å². The van der Waals surface area contributed by atoms with Gasteiger partial charge in [0.15, 0.2) is 0 Å². The average molecular weight is 195 g/mol. The zero-order chi connectivity index (χ0) is 10.4. The lowest BCUT2D eigenvalue weighted by molar-refractivity contribution is 0.0634. The molecule has 0 aliphatic rings. The highest BCUT2D eigenvalue weighted by Gasteiger charge is 1.98. The molecule has 1 heterocycles. The van der Waals surface area contributed by atoms with Crippen molar-refractivity contribution in [1.29, 1.82) is 0 Å². The fourth-order valence-corrected chi connectivity index (χ4v) is 0.954. The van der Waals surface area contributed by atoms with Gasteiger partial charge in [-0.05, 0) is 20.8 Å². The Kier molecular flexibility index (Phi) is 4.32. The second-order valence-electron chi connectivity index (χ2n) is 3.28. The SMILES string of the molecule is CCNc1cnc(COC(C)C)cn1. The molecule has 0 radical (unpaired) electrons. The van der Waals surface area contributed by atoms with Crippen LogP contribution in [0.2, 0.25) is 0 Å². The second-order valence-corrected chi connectivity index (χ2v) is 3.28. The summed E-state index contributed by atoms with van der Waals surface area (Å²) in [5.41, 5.74) is 0.861. The van der Waals surface area contributed by atoms with E-state index >= 15 is 0 Å². The van der Waals surface area contributed by atoms with Crippen molar-refractivity contribution in [3.8, 4) is 0 Å². The molecule has 0 amide bonds. The third kappa shape index (κ3) is 3.70. The van der Waals surface area contributed by atoms with Crippen molar-refractivity contribution in [2.75, 3.05) is 11.9 Å². The normalized spacial score (nSPS) is 10.6. The van der Waals surface area contributed by atoms with Crippen molar-refractivity contribution in [1.82, 2.24) is 9.97 Å². The number of nitrogens with one attached hydrogen (secondary N) is 1. The van der Waals surface area contributed by atoms with Gasteiger partial charge in [0.25, 0.3) is 0 Å².